The maximum atomic E-state index is 5.96. The number of ether oxygens (including phenoxy) is 6. The van der Waals surface area contributed by atoms with E-state index in [-0.39, 0.29) is 23.2 Å². The van der Waals surface area contributed by atoms with Gasteiger partial charge in [0.2, 0.25) is 5.69 Å². The standard InChI is InChI=1S/C37H53N2O6.ClH/c1-36(2)30-12-7-9-14-32(30)38(18-20-42-26-28-44-24-22-40-5)34(36)16-11-17-35-37(3,4)31-13-8-10-15-33(31)39(35)19-21-43-27-29-45-25-23-41-6;/h7-17H,18-29H2,1-6H3;1H/q+1;/p-1. The minimum absolute atomic E-state index is 0. The molecule has 0 radical (unpaired) electrons. The van der Waals surface area contributed by atoms with Crippen LogP contribution in [-0.2, 0) is 39.3 Å². The van der Waals surface area contributed by atoms with E-state index in [9.17, 15) is 0 Å². The molecule has 0 saturated carbocycles. The van der Waals surface area contributed by atoms with Crippen LogP contribution in [0.4, 0.5) is 11.4 Å². The van der Waals surface area contributed by atoms with Gasteiger partial charge in [0, 0.05) is 55.3 Å². The summed E-state index contributed by atoms with van der Waals surface area (Å²) >= 11 is 0. The number of halogens is 1. The highest BCUT2D eigenvalue weighted by atomic mass is 35.5. The SMILES string of the molecule is COCCOCCOCCN1C(=CC=CC2=[N+](CCOCCOCCOC)c3ccccc3C2(C)C)C(C)(C)c2ccccc21.[Cl-]. The molecule has 0 atom stereocenters. The van der Waals surface area contributed by atoms with Crippen molar-refractivity contribution >= 4 is 17.1 Å². The smallest absolute Gasteiger partial charge is 0.209 e. The molecule has 0 N–H and O–H groups in total. The van der Waals surface area contributed by atoms with Gasteiger partial charge >= 0.3 is 0 Å². The van der Waals surface area contributed by atoms with E-state index < -0.39 is 0 Å². The van der Waals surface area contributed by atoms with E-state index in [2.05, 4.69) is 104 Å². The lowest BCUT2D eigenvalue weighted by atomic mass is 9.81. The van der Waals surface area contributed by atoms with E-state index in [4.69, 9.17) is 28.4 Å². The van der Waals surface area contributed by atoms with Crippen LogP contribution in [0.5, 0.6) is 0 Å². The summed E-state index contributed by atoms with van der Waals surface area (Å²) in [5.41, 5.74) is 7.40. The Hall–Kier alpha value is -2.56. The minimum Gasteiger partial charge on any atom is -1.00 e. The van der Waals surface area contributed by atoms with Crippen molar-refractivity contribution in [1.82, 2.24) is 0 Å². The second-order valence-electron chi connectivity index (χ2n) is 12.3. The summed E-state index contributed by atoms with van der Waals surface area (Å²) in [5, 5.41) is 0. The first-order valence-electron chi connectivity index (χ1n) is 16.1. The van der Waals surface area contributed by atoms with Gasteiger partial charge in [-0.3, -0.25) is 0 Å². The highest BCUT2D eigenvalue weighted by Crippen LogP contribution is 2.47. The van der Waals surface area contributed by atoms with Crippen LogP contribution in [0.2, 0.25) is 0 Å². The summed E-state index contributed by atoms with van der Waals surface area (Å²) in [6.45, 7) is 16.6. The molecule has 0 fully saturated rings. The monoisotopic (exact) mass is 656 g/mol. The first kappa shape index (κ1) is 37.9. The van der Waals surface area contributed by atoms with Crippen molar-refractivity contribution in [2.45, 2.75) is 38.5 Å². The fourth-order valence-corrected chi connectivity index (χ4v) is 6.23. The fraction of sp³-hybridized carbons (Fsp3) is 0.541. The summed E-state index contributed by atoms with van der Waals surface area (Å²) in [4.78, 5) is 2.41. The number of allylic oxidation sites excluding steroid dienone is 4. The van der Waals surface area contributed by atoms with Crippen LogP contribution in [0.1, 0.15) is 38.8 Å². The molecular formula is C37H53ClN2O6. The molecule has 4 rings (SSSR count). The lowest BCUT2D eigenvalue weighted by Gasteiger charge is -2.27. The average Bonchev–Trinajstić information content (AvgIpc) is 3.38. The molecule has 0 spiro atoms. The zero-order valence-corrected chi connectivity index (χ0v) is 29.3. The number of methoxy groups -OCH3 is 2. The van der Waals surface area contributed by atoms with E-state index in [0.29, 0.717) is 66.1 Å². The van der Waals surface area contributed by atoms with Crippen LogP contribution in [0.25, 0.3) is 0 Å². The van der Waals surface area contributed by atoms with Gasteiger partial charge in [-0.1, -0.05) is 56.3 Å². The van der Waals surface area contributed by atoms with Crippen molar-refractivity contribution in [2.24, 2.45) is 0 Å². The summed E-state index contributed by atoms with van der Waals surface area (Å²) in [5.74, 6) is 0. The van der Waals surface area contributed by atoms with E-state index in [1.165, 1.54) is 33.9 Å². The number of hydrogen-bond donors (Lipinski definition) is 0. The van der Waals surface area contributed by atoms with E-state index in [1.54, 1.807) is 14.2 Å². The Morgan fingerprint density at radius 2 is 1.20 bits per heavy atom. The summed E-state index contributed by atoms with van der Waals surface area (Å²) in [7, 11) is 3.36. The second kappa shape index (κ2) is 18.7. The van der Waals surface area contributed by atoms with Gasteiger partial charge in [0.05, 0.1) is 64.9 Å². The molecule has 2 aromatic rings. The molecule has 46 heavy (non-hydrogen) atoms. The van der Waals surface area contributed by atoms with Crippen molar-refractivity contribution in [2.75, 3.05) is 98.3 Å². The lowest BCUT2D eigenvalue weighted by Crippen LogP contribution is -3.00. The predicted octanol–water partition coefficient (Wildman–Crippen LogP) is 2.66. The van der Waals surface area contributed by atoms with Gasteiger partial charge in [0.1, 0.15) is 6.61 Å². The van der Waals surface area contributed by atoms with Crippen molar-refractivity contribution < 1.29 is 45.4 Å². The largest absolute Gasteiger partial charge is 1.00 e. The van der Waals surface area contributed by atoms with Gasteiger partial charge in [-0.25, -0.2) is 0 Å². The molecule has 2 aliphatic rings. The van der Waals surface area contributed by atoms with Crippen molar-refractivity contribution in [1.29, 1.82) is 0 Å². The topological polar surface area (TPSA) is 61.6 Å². The minimum atomic E-state index is -0.137. The second-order valence-corrected chi connectivity index (χ2v) is 12.3. The molecule has 0 amide bonds. The summed E-state index contributed by atoms with van der Waals surface area (Å²) in [6, 6.07) is 17.4. The van der Waals surface area contributed by atoms with Gasteiger partial charge in [0.25, 0.3) is 0 Å². The highest BCUT2D eigenvalue weighted by molar-refractivity contribution is 6.03. The Balaban J connectivity index is 0.00000576. The molecule has 2 aromatic carbocycles. The van der Waals surface area contributed by atoms with Crippen LogP contribution in [0.15, 0.2) is 72.5 Å². The highest BCUT2D eigenvalue weighted by Gasteiger charge is 2.44. The molecule has 2 aliphatic heterocycles. The molecule has 9 heteroatoms. The van der Waals surface area contributed by atoms with Crippen molar-refractivity contribution in [3.05, 3.63) is 83.6 Å². The Morgan fingerprint density at radius 1 is 0.652 bits per heavy atom. The first-order chi connectivity index (χ1) is 21.8. The number of nitrogens with zero attached hydrogens (tertiary/aromatic N) is 2. The molecular weight excluding hydrogens is 604 g/mol. The normalized spacial score (nSPS) is 17.2. The third-order valence-electron chi connectivity index (χ3n) is 8.63. The van der Waals surface area contributed by atoms with Crippen molar-refractivity contribution in [3.63, 3.8) is 0 Å². The van der Waals surface area contributed by atoms with Gasteiger partial charge < -0.3 is 45.7 Å². The lowest BCUT2D eigenvalue weighted by molar-refractivity contribution is -0.442. The van der Waals surface area contributed by atoms with Crippen LogP contribution in [-0.4, -0.2) is 104 Å². The molecule has 254 valence electrons. The van der Waals surface area contributed by atoms with Crippen LogP contribution >= 0.6 is 0 Å². The number of fused-ring (bicyclic) bond motifs is 2. The zero-order chi connectivity index (χ0) is 32.1. The number of benzene rings is 2. The molecule has 0 aliphatic carbocycles. The summed E-state index contributed by atoms with van der Waals surface area (Å²) < 4.78 is 35.5. The van der Waals surface area contributed by atoms with Gasteiger partial charge in [-0.15, -0.1) is 0 Å². The number of para-hydroxylation sites is 2. The number of rotatable bonds is 20. The molecule has 0 unspecified atom stereocenters. The van der Waals surface area contributed by atoms with Gasteiger partial charge in [-0.05, 0) is 31.6 Å². The quantitative estimate of drug-likeness (QED) is 0.161. The zero-order valence-electron chi connectivity index (χ0n) is 28.6. The number of hydrogen-bond acceptors (Lipinski definition) is 7. The van der Waals surface area contributed by atoms with Crippen LogP contribution < -0.4 is 17.3 Å². The van der Waals surface area contributed by atoms with E-state index in [1.807, 2.05) is 0 Å². The van der Waals surface area contributed by atoms with Crippen LogP contribution in [0.3, 0.4) is 0 Å². The molecule has 0 aromatic heterocycles. The van der Waals surface area contributed by atoms with Crippen molar-refractivity contribution in [3.8, 4) is 0 Å². The van der Waals surface area contributed by atoms with Crippen LogP contribution in [0, 0.1) is 0 Å². The van der Waals surface area contributed by atoms with Gasteiger partial charge in [0.15, 0.2) is 12.3 Å². The molecule has 0 saturated heterocycles. The maximum absolute atomic E-state index is 5.96. The Kier molecular flexibility index (Phi) is 15.4. The third-order valence-corrected chi connectivity index (χ3v) is 8.63. The van der Waals surface area contributed by atoms with E-state index in [0.717, 1.165) is 13.1 Å². The third kappa shape index (κ3) is 9.28. The summed E-state index contributed by atoms with van der Waals surface area (Å²) in [6.07, 6.45) is 6.79. The van der Waals surface area contributed by atoms with Gasteiger partial charge in [-0.2, -0.15) is 4.58 Å². The molecule has 2 heterocycles. The maximum Gasteiger partial charge on any atom is 0.209 e. The first-order valence-corrected chi connectivity index (χ1v) is 16.1. The number of anilines is 1. The predicted molar refractivity (Wildman–Crippen MR) is 180 cm³/mol. The van der Waals surface area contributed by atoms with E-state index >= 15 is 0 Å². The molecule has 8 nitrogen and oxygen atoms in total. The Labute approximate surface area is 282 Å². The molecule has 0 bridgehead atoms. The Bertz CT molecular complexity index is 1320. The Morgan fingerprint density at radius 3 is 1.85 bits per heavy atom. The fourth-order valence-electron chi connectivity index (χ4n) is 6.23. The average molecular weight is 657 g/mol.